The number of nitrogen functional groups attached to an aromatic ring is 1. The highest BCUT2D eigenvalue weighted by Crippen LogP contribution is 2.35. The molecule has 96 valence electrons. The van der Waals surface area contributed by atoms with Crippen LogP contribution in [0.1, 0.15) is 5.76 Å². The quantitative estimate of drug-likeness (QED) is 0.932. The van der Waals surface area contributed by atoms with Crippen LogP contribution in [-0.2, 0) is 15.6 Å². The van der Waals surface area contributed by atoms with Crippen molar-refractivity contribution in [3.63, 3.8) is 0 Å². The van der Waals surface area contributed by atoms with Crippen LogP contribution in [0.25, 0.3) is 11.1 Å². The molecule has 0 unspecified atom stereocenters. The maximum atomic E-state index is 11.3. The van der Waals surface area contributed by atoms with E-state index in [1.165, 1.54) is 0 Å². The SMILES string of the molecule is CS(=O)(=O)Cc1onc(N)c1-c1ccccc1Br. The van der Waals surface area contributed by atoms with Gasteiger partial charge in [0.15, 0.2) is 21.4 Å². The third-order valence-electron chi connectivity index (χ3n) is 2.33. The van der Waals surface area contributed by atoms with Crippen molar-refractivity contribution in [2.24, 2.45) is 0 Å². The fourth-order valence-corrected chi connectivity index (χ4v) is 2.78. The van der Waals surface area contributed by atoms with Crippen molar-refractivity contribution in [1.29, 1.82) is 0 Å². The van der Waals surface area contributed by atoms with Crippen molar-refractivity contribution < 1.29 is 12.9 Å². The molecule has 2 aromatic rings. The van der Waals surface area contributed by atoms with Crippen LogP contribution >= 0.6 is 15.9 Å². The Labute approximate surface area is 113 Å². The highest BCUT2D eigenvalue weighted by molar-refractivity contribution is 9.10. The number of hydrogen-bond acceptors (Lipinski definition) is 5. The molecule has 1 aromatic heterocycles. The van der Waals surface area contributed by atoms with Gasteiger partial charge in [-0.15, -0.1) is 0 Å². The number of halogens is 1. The molecule has 18 heavy (non-hydrogen) atoms. The molecule has 0 aliphatic heterocycles. The topological polar surface area (TPSA) is 86.2 Å². The van der Waals surface area contributed by atoms with E-state index in [1.54, 1.807) is 0 Å². The zero-order chi connectivity index (χ0) is 13.3. The molecule has 0 aliphatic carbocycles. The molecule has 0 saturated carbocycles. The summed E-state index contributed by atoms with van der Waals surface area (Å²) in [6.07, 6.45) is 1.13. The molecule has 7 heteroatoms. The molecule has 0 spiro atoms. The van der Waals surface area contributed by atoms with Crippen LogP contribution in [0, 0.1) is 0 Å². The van der Waals surface area contributed by atoms with Crippen molar-refractivity contribution in [2.75, 3.05) is 12.0 Å². The minimum absolute atomic E-state index is 0.181. The average molecular weight is 331 g/mol. The summed E-state index contributed by atoms with van der Waals surface area (Å²) in [4.78, 5) is 0. The van der Waals surface area contributed by atoms with Crippen molar-refractivity contribution in [3.8, 4) is 11.1 Å². The second kappa shape index (κ2) is 4.74. The van der Waals surface area contributed by atoms with Gasteiger partial charge in [0.1, 0.15) is 5.75 Å². The lowest BCUT2D eigenvalue weighted by Gasteiger charge is -2.04. The summed E-state index contributed by atoms with van der Waals surface area (Å²) >= 11 is 3.39. The van der Waals surface area contributed by atoms with Gasteiger partial charge >= 0.3 is 0 Å². The summed E-state index contributed by atoms with van der Waals surface area (Å²) in [5, 5.41) is 3.64. The summed E-state index contributed by atoms with van der Waals surface area (Å²) in [5.41, 5.74) is 7.02. The van der Waals surface area contributed by atoms with Crippen LogP contribution in [-0.4, -0.2) is 19.8 Å². The maximum Gasteiger partial charge on any atom is 0.175 e. The van der Waals surface area contributed by atoms with Gasteiger partial charge in [-0.05, 0) is 6.07 Å². The number of hydrogen-bond donors (Lipinski definition) is 1. The summed E-state index contributed by atoms with van der Waals surface area (Å²) < 4.78 is 28.5. The van der Waals surface area contributed by atoms with Gasteiger partial charge in [0.05, 0.1) is 5.56 Å². The molecule has 1 heterocycles. The Hall–Kier alpha value is -1.34. The Morgan fingerprint density at radius 2 is 2.06 bits per heavy atom. The number of benzene rings is 1. The van der Waals surface area contributed by atoms with Crippen molar-refractivity contribution in [2.45, 2.75) is 5.75 Å². The van der Waals surface area contributed by atoms with Gasteiger partial charge < -0.3 is 10.3 Å². The second-order valence-corrected chi connectivity index (χ2v) is 6.91. The smallest absolute Gasteiger partial charge is 0.175 e. The molecule has 0 atom stereocenters. The summed E-state index contributed by atoms with van der Waals surface area (Å²) in [7, 11) is -3.21. The molecule has 2 rings (SSSR count). The van der Waals surface area contributed by atoms with E-state index in [4.69, 9.17) is 10.3 Å². The molecule has 0 fully saturated rings. The van der Waals surface area contributed by atoms with Gasteiger partial charge in [-0.3, -0.25) is 0 Å². The Morgan fingerprint density at radius 1 is 1.39 bits per heavy atom. The predicted octanol–water partition coefficient (Wildman–Crippen LogP) is 2.23. The number of aromatic nitrogens is 1. The highest BCUT2D eigenvalue weighted by atomic mass is 79.9. The Balaban J connectivity index is 2.58. The molecule has 0 amide bonds. The van der Waals surface area contributed by atoms with E-state index >= 15 is 0 Å². The normalized spacial score (nSPS) is 11.7. The Morgan fingerprint density at radius 3 is 2.67 bits per heavy atom. The minimum atomic E-state index is -3.21. The second-order valence-electron chi connectivity index (χ2n) is 3.92. The van der Waals surface area contributed by atoms with E-state index < -0.39 is 9.84 Å². The molecule has 0 radical (unpaired) electrons. The highest BCUT2D eigenvalue weighted by Gasteiger charge is 2.20. The monoisotopic (exact) mass is 330 g/mol. The van der Waals surface area contributed by atoms with Gasteiger partial charge in [-0.2, -0.15) is 0 Å². The molecule has 5 nitrogen and oxygen atoms in total. The average Bonchev–Trinajstić information content (AvgIpc) is 2.59. The fraction of sp³-hybridized carbons (Fsp3) is 0.182. The first-order valence-corrected chi connectivity index (χ1v) is 7.90. The molecule has 0 aliphatic rings. The molecular weight excluding hydrogens is 320 g/mol. The van der Waals surface area contributed by atoms with Gasteiger partial charge in [0.2, 0.25) is 0 Å². The molecule has 0 bridgehead atoms. The Bertz CT molecular complexity index is 679. The minimum Gasteiger partial charge on any atom is -0.380 e. The zero-order valence-electron chi connectivity index (χ0n) is 9.55. The van der Waals surface area contributed by atoms with Crippen LogP contribution in [0.15, 0.2) is 33.3 Å². The lowest BCUT2D eigenvalue weighted by Crippen LogP contribution is -2.01. The lowest BCUT2D eigenvalue weighted by molar-refractivity contribution is 0.396. The van der Waals surface area contributed by atoms with Gasteiger partial charge in [0, 0.05) is 16.3 Å². The number of nitrogens with zero attached hydrogens (tertiary/aromatic N) is 1. The Kier molecular flexibility index (Phi) is 3.45. The molecule has 0 saturated heterocycles. The van der Waals surface area contributed by atoms with Crippen LogP contribution in [0.5, 0.6) is 0 Å². The van der Waals surface area contributed by atoms with Gasteiger partial charge in [0.25, 0.3) is 0 Å². The summed E-state index contributed by atoms with van der Waals surface area (Å²) in [6, 6.07) is 7.34. The van der Waals surface area contributed by atoms with Gasteiger partial charge in [-0.25, -0.2) is 8.42 Å². The van der Waals surface area contributed by atoms with Crippen LogP contribution in [0.2, 0.25) is 0 Å². The van der Waals surface area contributed by atoms with Crippen molar-refractivity contribution >= 4 is 31.6 Å². The van der Waals surface area contributed by atoms with E-state index in [-0.39, 0.29) is 17.3 Å². The molecule has 2 N–H and O–H groups in total. The van der Waals surface area contributed by atoms with Crippen LogP contribution in [0.4, 0.5) is 5.82 Å². The van der Waals surface area contributed by atoms with Crippen LogP contribution < -0.4 is 5.73 Å². The fourth-order valence-electron chi connectivity index (χ4n) is 1.63. The number of rotatable bonds is 3. The third-order valence-corrected chi connectivity index (χ3v) is 3.80. The lowest BCUT2D eigenvalue weighted by atomic mass is 10.1. The number of anilines is 1. The molecule has 1 aromatic carbocycles. The first kappa shape index (κ1) is 13.1. The predicted molar refractivity (Wildman–Crippen MR) is 72.6 cm³/mol. The first-order valence-electron chi connectivity index (χ1n) is 5.05. The maximum absolute atomic E-state index is 11.3. The standard InChI is InChI=1S/C11H11BrN2O3S/c1-18(15,16)6-9-10(11(13)14-17-9)7-4-2-3-5-8(7)12/h2-5H,6H2,1H3,(H2,13,14). The van der Waals surface area contributed by atoms with Crippen molar-refractivity contribution in [3.05, 3.63) is 34.5 Å². The van der Waals surface area contributed by atoms with E-state index in [0.29, 0.717) is 5.56 Å². The van der Waals surface area contributed by atoms with Gasteiger partial charge in [-0.1, -0.05) is 39.3 Å². The van der Waals surface area contributed by atoms with Crippen LogP contribution in [0.3, 0.4) is 0 Å². The molecular formula is C11H11BrN2O3S. The number of sulfone groups is 1. The zero-order valence-corrected chi connectivity index (χ0v) is 12.0. The number of nitrogens with two attached hydrogens (primary N) is 1. The first-order chi connectivity index (χ1) is 8.38. The summed E-state index contributed by atoms with van der Waals surface area (Å²) in [5.74, 6) is 0.205. The largest absolute Gasteiger partial charge is 0.380 e. The van der Waals surface area contributed by atoms with Crippen molar-refractivity contribution in [1.82, 2.24) is 5.16 Å². The van der Waals surface area contributed by atoms with E-state index in [0.717, 1.165) is 16.3 Å². The van der Waals surface area contributed by atoms with E-state index in [1.807, 2.05) is 24.3 Å². The van der Waals surface area contributed by atoms with E-state index in [2.05, 4.69) is 21.1 Å². The third kappa shape index (κ3) is 2.73. The summed E-state index contributed by atoms with van der Waals surface area (Å²) in [6.45, 7) is 0. The van der Waals surface area contributed by atoms with E-state index in [9.17, 15) is 8.42 Å².